The molecule has 29 heavy (non-hydrogen) atoms. The number of aromatic nitrogens is 2. The summed E-state index contributed by atoms with van der Waals surface area (Å²) in [6, 6.07) is 7.62. The minimum absolute atomic E-state index is 0.0218. The Morgan fingerprint density at radius 2 is 1.86 bits per heavy atom. The number of carbonyl (C=O) groups excluding carboxylic acids is 1. The van der Waals surface area contributed by atoms with Crippen molar-refractivity contribution in [1.82, 2.24) is 9.78 Å². The minimum atomic E-state index is -0.896. The van der Waals surface area contributed by atoms with E-state index < -0.39 is 6.16 Å². The van der Waals surface area contributed by atoms with Crippen molar-refractivity contribution in [2.75, 3.05) is 6.61 Å². The summed E-state index contributed by atoms with van der Waals surface area (Å²) in [5, 5.41) is 4.71. The zero-order chi connectivity index (χ0) is 21.8. The molecule has 6 nitrogen and oxygen atoms in total. The number of halogens is 1. The Labute approximate surface area is 176 Å². The van der Waals surface area contributed by atoms with Gasteiger partial charge in [-0.25, -0.2) is 9.64 Å². The molecule has 0 unspecified atom stereocenters. The molecule has 0 atom stereocenters. The van der Waals surface area contributed by atoms with E-state index in [4.69, 9.17) is 27.6 Å². The zero-order valence-electron chi connectivity index (χ0n) is 17.7. The molecule has 1 aromatic heterocycles. The molecule has 7 heteroatoms. The monoisotopic (exact) mass is 415 g/mol. The molecule has 0 radical (unpaired) electrons. The number of hydrogen-bond acceptors (Lipinski definition) is 4. The average molecular weight is 416 g/mol. The van der Waals surface area contributed by atoms with Crippen LogP contribution in [0.5, 0.6) is 0 Å². The Hall–Kier alpha value is -2.78. The van der Waals surface area contributed by atoms with E-state index in [0.29, 0.717) is 28.5 Å². The van der Waals surface area contributed by atoms with Crippen molar-refractivity contribution in [2.45, 2.75) is 53.5 Å². The fraction of sp³-hybridized carbons (Fsp3) is 0.409. The van der Waals surface area contributed by atoms with Crippen LogP contribution in [0, 0.1) is 13.5 Å². The van der Waals surface area contributed by atoms with Crippen molar-refractivity contribution in [3.63, 3.8) is 0 Å². The van der Waals surface area contributed by atoms with E-state index >= 15 is 0 Å². The lowest BCUT2D eigenvalue weighted by Gasteiger charge is -2.19. The molecule has 0 N–H and O–H groups in total. The summed E-state index contributed by atoms with van der Waals surface area (Å²) in [6.07, 6.45) is -0.896. The van der Waals surface area contributed by atoms with Gasteiger partial charge in [0.1, 0.15) is 5.69 Å². The fourth-order valence-corrected chi connectivity index (χ4v) is 3.04. The second-order valence-corrected chi connectivity index (χ2v) is 7.84. The molecule has 1 heterocycles. The standard InChI is InChI=1S/C22H26ClN3O3/c1-8-26-19(17(23)14(3)25-26)20(29-21(27)28-9-2)18(24-7)15-10-12-16(13-11-15)22(4,5)6/h10-13H,8-9H2,1-6H3/b20-18+. The highest BCUT2D eigenvalue weighted by molar-refractivity contribution is 6.33. The van der Waals surface area contributed by atoms with Gasteiger partial charge in [-0.3, -0.25) is 4.68 Å². The van der Waals surface area contributed by atoms with Crippen LogP contribution in [0.1, 0.15) is 57.1 Å². The SMILES string of the molecule is [C-]#[N+]/C(=C(/OC(=O)OCC)c1c(Cl)c(C)nn1CC)c1ccc(C(C)(C)C)cc1. The average Bonchev–Trinajstić information content (AvgIpc) is 2.95. The van der Waals surface area contributed by atoms with Crippen LogP contribution in [0.3, 0.4) is 0 Å². The van der Waals surface area contributed by atoms with E-state index in [9.17, 15) is 4.79 Å². The summed E-state index contributed by atoms with van der Waals surface area (Å²) in [5.41, 5.74) is 2.85. The molecule has 2 rings (SSSR count). The van der Waals surface area contributed by atoms with Gasteiger partial charge in [-0.2, -0.15) is 5.10 Å². The van der Waals surface area contributed by atoms with E-state index in [1.165, 1.54) is 0 Å². The first-order valence-corrected chi connectivity index (χ1v) is 9.82. The van der Waals surface area contributed by atoms with Gasteiger partial charge >= 0.3 is 6.16 Å². The van der Waals surface area contributed by atoms with Crippen LogP contribution in [-0.4, -0.2) is 22.5 Å². The lowest BCUT2D eigenvalue weighted by Crippen LogP contribution is -2.12. The topological polar surface area (TPSA) is 57.7 Å². The molecule has 2 aromatic rings. The van der Waals surface area contributed by atoms with Crippen LogP contribution < -0.4 is 0 Å². The van der Waals surface area contributed by atoms with E-state index in [-0.39, 0.29) is 23.5 Å². The Morgan fingerprint density at radius 1 is 1.24 bits per heavy atom. The third kappa shape index (κ3) is 4.99. The van der Waals surface area contributed by atoms with Crippen LogP contribution in [0.25, 0.3) is 16.3 Å². The molecule has 0 aliphatic carbocycles. The summed E-state index contributed by atoms with van der Waals surface area (Å²) in [7, 11) is 0. The van der Waals surface area contributed by atoms with Gasteiger partial charge < -0.3 is 9.47 Å². The van der Waals surface area contributed by atoms with Crippen molar-refractivity contribution < 1.29 is 14.3 Å². The van der Waals surface area contributed by atoms with Crippen molar-refractivity contribution in [1.29, 1.82) is 0 Å². The number of hydrogen-bond donors (Lipinski definition) is 0. The van der Waals surface area contributed by atoms with Crippen LogP contribution in [0.2, 0.25) is 5.02 Å². The molecule has 0 fully saturated rings. The first-order chi connectivity index (χ1) is 13.6. The zero-order valence-corrected chi connectivity index (χ0v) is 18.4. The number of nitrogens with zero attached hydrogens (tertiary/aromatic N) is 3. The Morgan fingerprint density at radius 3 is 2.34 bits per heavy atom. The quantitative estimate of drug-likeness (QED) is 0.337. The summed E-state index contributed by atoms with van der Waals surface area (Å²) in [4.78, 5) is 15.8. The summed E-state index contributed by atoms with van der Waals surface area (Å²) >= 11 is 6.47. The summed E-state index contributed by atoms with van der Waals surface area (Å²) in [6.45, 7) is 20.1. The Balaban J connectivity index is 2.71. The van der Waals surface area contributed by atoms with E-state index in [0.717, 1.165) is 5.56 Å². The van der Waals surface area contributed by atoms with Gasteiger partial charge in [0.25, 0.3) is 0 Å². The normalized spacial score (nSPS) is 12.2. The van der Waals surface area contributed by atoms with Gasteiger partial charge in [0.15, 0.2) is 5.76 Å². The molecular formula is C22H26ClN3O3. The Bertz CT molecular complexity index is 961. The van der Waals surface area contributed by atoms with Crippen molar-refractivity contribution >= 4 is 29.2 Å². The number of aryl methyl sites for hydroxylation is 2. The van der Waals surface area contributed by atoms with Gasteiger partial charge in [0.2, 0.25) is 5.70 Å². The third-order valence-corrected chi connectivity index (χ3v) is 4.82. The van der Waals surface area contributed by atoms with Gasteiger partial charge in [-0.15, -0.1) is 0 Å². The van der Waals surface area contributed by atoms with Gasteiger partial charge in [0, 0.05) is 6.54 Å². The number of benzene rings is 1. The Kier molecular flexibility index (Phi) is 7.10. The maximum Gasteiger partial charge on any atom is 0.512 e. The molecular weight excluding hydrogens is 390 g/mol. The van der Waals surface area contributed by atoms with Crippen LogP contribution in [0.15, 0.2) is 24.3 Å². The highest BCUT2D eigenvalue weighted by atomic mass is 35.5. The first-order valence-electron chi connectivity index (χ1n) is 9.44. The molecule has 0 aliphatic heterocycles. The molecule has 154 valence electrons. The van der Waals surface area contributed by atoms with Gasteiger partial charge in [-0.05, 0) is 37.3 Å². The van der Waals surface area contributed by atoms with Crippen molar-refractivity contribution in [3.8, 4) is 0 Å². The molecule has 0 spiro atoms. The fourth-order valence-electron chi connectivity index (χ4n) is 2.82. The van der Waals surface area contributed by atoms with Crippen LogP contribution in [-0.2, 0) is 21.4 Å². The predicted molar refractivity (Wildman–Crippen MR) is 114 cm³/mol. The lowest BCUT2D eigenvalue weighted by atomic mass is 9.86. The van der Waals surface area contributed by atoms with Crippen molar-refractivity contribution in [2.24, 2.45) is 0 Å². The van der Waals surface area contributed by atoms with Gasteiger partial charge in [0.05, 0.1) is 23.9 Å². The van der Waals surface area contributed by atoms with E-state index in [1.54, 1.807) is 18.5 Å². The first kappa shape index (κ1) is 22.5. The lowest BCUT2D eigenvalue weighted by molar-refractivity contribution is 0.0951. The molecule has 0 saturated heterocycles. The molecule has 0 saturated carbocycles. The minimum Gasteiger partial charge on any atom is -0.434 e. The van der Waals surface area contributed by atoms with E-state index in [1.807, 2.05) is 31.2 Å². The highest BCUT2D eigenvalue weighted by Crippen LogP contribution is 2.35. The smallest absolute Gasteiger partial charge is 0.434 e. The van der Waals surface area contributed by atoms with Crippen LogP contribution in [0.4, 0.5) is 4.79 Å². The van der Waals surface area contributed by atoms with Crippen LogP contribution >= 0.6 is 11.6 Å². The number of rotatable bonds is 5. The van der Waals surface area contributed by atoms with Crippen molar-refractivity contribution in [3.05, 3.63) is 63.2 Å². The number of ether oxygens (including phenoxy) is 2. The maximum atomic E-state index is 12.1. The summed E-state index contributed by atoms with van der Waals surface area (Å²) < 4.78 is 12.0. The molecule has 1 aromatic carbocycles. The number of carbonyl (C=O) groups is 1. The maximum absolute atomic E-state index is 12.1. The predicted octanol–water partition coefficient (Wildman–Crippen LogP) is 6.08. The molecule has 0 amide bonds. The second kappa shape index (κ2) is 9.15. The largest absolute Gasteiger partial charge is 0.512 e. The highest BCUT2D eigenvalue weighted by Gasteiger charge is 2.26. The molecule has 0 bridgehead atoms. The summed E-state index contributed by atoms with van der Waals surface area (Å²) in [5.74, 6) is 0.0365. The van der Waals surface area contributed by atoms with Gasteiger partial charge in [-0.1, -0.05) is 56.6 Å². The second-order valence-electron chi connectivity index (χ2n) is 7.47. The molecule has 0 aliphatic rings. The third-order valence-electron chi connectivity index (χ3n) is 4.37. The van der Waals surface area contributed by atoms with E-state index in [2.05, 4.69) is 30.7 Å².